The quantitative estimate of drug-likeness (QED) is 0.814. The summed E-state index contributed by atoms with van der Waals surface area (Å²) in [6.07, 6.45) is 0. The summed E-state index contributed by atoms with van der Waals surface area (Å²) < 4.78 is 24.4. The minimum Gasteiger partial charge on any atom is -0.219 e. The molecule has 17 heavy (non-hydrogen) atoms. The molecular formula is C14H12O2S. The summed E-state index contributed by atoms with van der Waals surface area (Å²) in [5, 5.41) is 0. The SMILES string of the molecule is [CH2]c1ccc(S(=O)(=O)c2ccc([CH2])cc2)cc1. The van der Waals surface area contributed by atoms with E-state index in [1.807, 2.05) is 0 Å². The number of sulfone groups is 1. The Kier molecular flexibility index (Phi) is 3.03. The van der Waals surface area contributed by atoms with Gasteiger partial charge in [-0.15, -0.1) is 0 Å². The van der Waals surface area contributed by atoms with Gasteiger partial charge in [-0.25, -0.2) is 8.42 Å². The first kappa shape index (κ1) is 11.9. The third-order valence-electron chi connectivity index (χ3n) is 2.47. The Balaban J connectivity index is 2.50. The molecule has 0 fully saturated rings. The lowest BCUT2D eigenvalue weighted by Gasteiger charge is -2.05. The van der Waals surface area contributed by atoms with Crippen LogP contribution in [0.15, 0.2) is 58.3 Å². The number of hydrogen-bond donors (Lipinski definition) is 0. The van der Waals surface area contributed by atoms with E-state index in [-0.39, 0.29) is 9.79 Å². The van der Waals surface area contributed by atoms with Crippen molar-refractivity contribution < 1.29 is 8.42 Å². The van der Waals surface area contributed by atoms with Gasteiger partial charge in [0.2, 0.25) is 9.84 Å². The zero-order chi connectivity index (χ0) is 12.5. The summed E-state index contributed by atoms with van der Waals surface area (Å²) >= 11 is 0. The van der Waals surface area contributed by atoms with Gasteiger partial charge in [-0.05, 0) is 49.2 Å². The molecular weight excluding hydrogens is 232 g/mol. The molecule has 0 aliphatic heterocycles. The van der Waals surface area contributed by atoms with Crippen LogP contribution < -0.4 is 0 Å². The second-order valence-electron chi connectivity index (χ2n) is 3.79. The summed E-state index contributed by atoms with van der Waals surface area (Å²) in [4.78, 5) is 0.559. The van der Waals surface area contributed by atoms with E-state index in [2.05, 4.69) is 13.8 Å². The molecule has 0 aliphatic carbocycles. The van der Waals surface area contributed by atoms with Gasteiger partial charge in [0.1, 0.15) is 0 Å². The van der Waals surface area contributed by atoms with Crippen molar-refractivity contribution in [3.8, 4) is 0 Å². The smallest absolute Gasteiger partial charge is 0.206 e. The van der Waals surface area contributed by atoms with Crippen molar-refractivity contribution in [2.24, 2.45) is 0 Å². The fourth-order valence-corrected chi connectivity index (χ4v) is 2.73. The molecule has 0 N–H and O–H groups in total. The summed E-state index contributed by atoms with van der Waals surface area (Å²) in [6.45, 7) is 7.45. The highest BCUT2D eigenvalue weighted by atomic mass is 32.2. The minimum atomic E-state index is -3.43. The van der Waals surface area contributed by atoms with E-state index in [1.165, 1.54) is 0 Å². The maximum Gasteiger partial charge on any atom is 0.206 e. The molecule has 2 nitrogen and oxygen atoms in total. The van der Waals surface area contributed by atoms with Crippen LogP contribution in [0.25, 0.3) is 0 Å². The summed E-state index contributed by atoms with van der Waals surface area (Å²) in [5.74, 6) is 0. The molecule has 0 aliphatic rings. The molecule has 0 atom stereocenters. The van der Waals surface area contributed by atoms with Gasteiger partial charge in [-0.1, -0.05) is 24.3 Å². The first-order valence-electron chi connectivity index (χ1n) is 5.09. The maximum absolute atomic E-state index is 12.2. The van der Waals surface area contributed by atoms with E-state index >= 15 is 0 Å². The molecule has 0 unspecified atom stereocenters. The van der Waals surface area contributed by atoms with Gasteiger partial charge in [0, 0.05) is 0 Å². The Hall–Kier alpha value is -1.61. The average Bonchev–Trinajstić information content (AvgIpc) is 2.30. The monoisotopic (exact) mass is 244 g/mol. The van der Waals surface area contributed by atoms with Crippen molar-refractivity contribution in [2.45, 2.75) is 9.79 Å². The normalized spacial score (nSPS) is 11.4. The van der Waals surface area contributed by atoms with E-state index in [0.717, 1.165) is 11.1 Å². The van der Waals surface area contributed by atoms with Gasteiger partial charge in [0.05, 0.1) is 9.79 Å². The van der Waals surface area contributed by atoms with E-state index < -0.39 is 9.84 Å². The van der Waals surface area contributed by atoms with Crippen LogP contribution in [0, 0.1) is 13.8 Å². The van der Waals surface area contributed by atoms with Crippen LogP contribution in [-0.2, 0) is 9.84 Å². The lowest BCUT2D eigenvalue weighted by atomic mass is 10.2. The Bertz CT molecular complexity index is 557. The van der Waals surface area contributed by atoms with Crippen molar-refractivity contribution in [2.75, 3.05) is 0 Å². The first-order valence-corrected chi connectivity index (χ1v) is 6.57. The Morgan fingerprint density at radius 1 is 0.647 bits per heavy atom. The van der Waals surface area contributed by atoms with Crippen LogP contribution in [0.2, 0.25) is 0 Å². The lowest BCUT2D eigenvalue weighted by Crippen LogP contribution is -2.01. The molecule has 0 heterocycles. The number of rotatable bonds is 2. The zero-order valence-corrected chi connectivity index (χ0v) is 10.1. The van der Waals surface area contributed by atoms with E-state index in [4.69, 9.17) is 0 Å². The lowest BCUT2D eigenvalue weighted by molar-refractivity contribution is 0.596. The Labute approximate surface area is 102 Å². The van der Waals surface area contributed by atoms with Crippen molar-refractivity contribution in [3.63, 3.8) is 0 Å². The van der Waals surface area contributed by atoms with Crippen LogP contribution >= 0.6 is 0 Å². The van der Waals surface area contributed by atoms with Gasteiger partial charge >= 0.3 is 0 Å². The maximum atomic E-state index is 12.2. The first-order chi connectivity index (χ1) is 8.00. The Morgan fingerprint density at radius 2 is 0.941 bits per heavy atom. The largest absolute Gasteiger partial charge is 0.219 e. The second kappa shape index (κ2) is 4.34. The molecule has 2 aromatic carbocycles. The molecule has 3 heteroatoms. The zero-order valence-electron chi connectivity index (χ0n) is 9.26. The fourth-order valence-electron chi connectivity index (χ4n) is 1.47. The summed E-state index contributed by atoms with van der Waals surface area (Å²) in [7, 11) is -3.43. The van der Waals surface area contributed by atoms with Crippen molar-refractivity contribution in [1.29, 1.82) is 0 Å². The predicted molar refractivity (Wildman–Crippen MR) is 67.3 cm³/mol. The highest BCUT2D eigenvalue weighted by Crippen LogP contribution is 2.21. The molecule has 2 aromatic rings. The molecule has 0 bridgehead atoms. The highest BCUT2D eigenvalue weighted by Gasteiger charge is 2.16. The third kappa shape index (κ3) is 2.39. The van der Waals surface area contributed by atoms with E-state index in [1.54, 1.807) is 48.5 Å². The summed E-state index contributed by atoms with van der Waals surface area (Å²) in [6, 6.07) is 13.0. The van der Waals surface area contributed by atoms with Crippen molar-refractivity contribution in [1.82, 2.24) is 0 Å². The average molecular weight is 244 g/mol. The topological polar surface area (TPSA) is 34.1 Å². The predicted octanol–water partition coefficient (Wildman–Crippen LogP) is 2.88. The van der Waals surface area contributed by atoms with Crippen LogP contribution in [-0.4, -0.2) is 8.42 Å². The minimum absolute atomic E-state index is 0.279. The molecule has 0 spiro atoms. The van der Waals surface area contributed by atoms with Gasteiger partial charge in [0.25, 0.3) is 0 Å². The van der Waals surface area contributed by atoms with Crippen LogP contribution in [0.3, 0.4) is 0 Å². The fraction of sp³-hybridized carbons (Fsp3) is 0. The van der Waals surface area contributed by atoms with Gasteiger partial charge in [-0.3, -0.25) is 0 Å². The van der Waals surface area contributed by atoms with Gasteiger partial charge < -0.3 is 0 Å². The molecule has 86 valence electrons. The molecule has 0 amide bonds. The Morgan fingerprint density at radius 3 is 1.24 bits per heavy atom. The molecule has 2 rings (SSSR count). The molecule has 0 saturated carbocycles. The van der Waals surface area contributed by atoms with E-state index in [9.17, 15) is 8.42 Å². The highest BCUT2D eigenvalue weighted by molar-refractivity contribution is 7.91. The third-order valence-corrected chi connectivity index (χ3v) is 4.25. The molecule has 0 saturated heterocycles. The summed E-state index contributed by atoms with van der Waals surface area (Å²) in [5.41, 5.74) is 1.58. The van der Waals surface area contributed by atoms with Crippen molar-refractivity contribution in [3.05, 3.63) is 73.5 Å². The van der Waals surface area contributed by atoms with Gasteiger partial charge in [0.15, 0.2) is 0 Å². The van der Waals surface area contributed by atoms with E-state index in [0.29, 0.717) is 0 Å². The van der Waals surface area contributed by atoms with Crippen molar-refractivity contribution >= 4 is 9.84 Å². The number of benzene rings is 2. The van der Waals surface area contributed by atoms with Crippen LogP contribution in [0.1, 0.15) is 11.1 Å². The van der Waals surface area contributed by atoms with Crippen LogP contribution in [0.5, 0.6) is 0 Å². The van der Waals surface area contributed by atoms with Crippen LogP contribution in [0.4, 0.5) is 0 Å². The second-order valence-corrected chi connectivity index (χ2v) is 5.74. The molecule has 0 aromatic heterocycles. The standard InChI is InChI=1S/C14H12O2S/c1-11-3-7-13(8-4-11)17(15,16)14-9-5-12(2)6-10-14/h3-10H,1-2H2. The van der Waals surface area contributed by atoms with Gasteiger partial charge in [-0.2, -0.15) is 0 Å². The molecule has 2 radical (unpaired) electrons. The number of hydrogen-bond acceptors (Lipinski definition) is 2.